The molecule has 0 unspecified atom stereocenters. The van der Waals surface area contributed by atoms with Gasteiger partial charge in [-0.2, -0.15) is 0 Å². The summed E-state index contributed by atoms with van der Waals surface area (Å²) < 4.78 is 9.46. The molecular weight excluding hydrogens is 208 g/mol. The lowest BCUT2D eigenvalue weighted by molar-refractivity contribution is -0.152. The maximum absolute atomic E-state index is 10.2. The average Bonchev–Trinajstić information content (AvgIpc) is 1.96. The molecule has 0 aliphatic carbocycles. The molecule has 0 atom stereocenters. The van der Waals surface area contributed by atoms with Crippen LogP contribution in [0, 0.1) is 5.92 Å². The van der Waals surface area contributed by atoms with Gasteiger partial charge < -0.3 is 9.47 Å². The first-order valence-corrected chi connectivity index (χ1v) is 5.37. The molecule has 0 aliphatic rings. The van der Waals surface area contributed by atoms with E-state index in [1.54, 1.807) is 0 Å². The fraction of sp³-hybridized carbons (Fsp3) is 0.833. The Morgan fingerprint density at radius 1 is 1.06 bits per heavy atom. The zero-order valence-electron chi connectivity index (χ0n) is 11.4. The third kappa shape index (κ3) is 23.1. The van der Waals surface area contributed by atoms with Crippen molar-refractivity contribution in [2.24, 2.45) is 5.92 Å². The molecule has 0 N–H and O–H groups in total. The monoisotopic (exact) mass is 232 g/mol. The highest BCUT2D eigenvalue weighted by atomic mass is 16.6. The first-order chi connectivity index (χ1) is 7.04. The predicted octanol–water partition coefficient (Wildman–Crippen LogP) is 2.55. The van der Waals surface area contributed by atoms with E-state index in [4.69, 9.17) is 4.74 Å². The Morgan fingerprint density at radius 3 is 1.56 bits per heavy atom. The molecule has 0 fully saturated rings. The standard InChI is InChI=1S/2C6H12O2/c1-5(7)8-6(2,3)4;1-5(2)4-8-6(3)7/h1-4H3;5H,4H2,1-3H3. The van der Waals surface area contributed by atoms with Gasteiger partial charge in [0.25, 0.3) is 0 Å². The van der Waals surface area contributed by atoms with E-state index < -0.39 is 0 Å². The second-order valence-electron chi connectivity index (χ2n) is 4.90. The summed E-state index contributed by atoms with van der Waals surface area (Å²) in [5.74, 6) is 0.0232. The van der Waals surface area contributed by atoms with Gasteiger partial charge in [-0.1, -0.05) is 13.8 Å². The van der Waals surface area contributed by atoms with Crippen molar-refractivity contribution >= 4 is 11.9 Å². The van der Waals surface area contributed by atoms with Gasteiger partial charge in [-0.25, -0.2) is 0 Å². The van der Waals surface area contributed by atoms with E-state index in [0.29, 0.717) is 12.5 Å². The summed E-state index contributed by atoms with van der Waals surface area (Å²) in [6, 6.07) is 0. The molecule has 16 heavy (non-hydrogen) atoms. The van der Waals surface area contributed by atoms with Crippen LogP contribution in [0.3, 0.4) is 0 Å². The Hall–Kier alpha value is -1.06. The SMILES string of the molecule is CC(=O)OC(C)(C)C.CC(=O)OCC(C)C. The van der Waals surface area contributed by atoms with Gasteiger partial charge in [0.05, 0.1) is 6.61 Å². The quantitative estimate of drug-likeness (QED) is 0.686. The largest absolute Gasteiger partial charge is 0.466 e. The van der Waals surface area contributed by atoms with Crippen LogP contribution < -0.4 is 0 Å². The van der Waals surface area contributed by atoms with Crippen LogP contribution in [-0.4, -0.2) is 24.1 Å². The molecule has 0 bridgehead atoms. The fourth-order valence-electron chi connectivity index (χ4n) is 0.715. The van der Waals surface area contributed by atoms with Crippen LogP contribution in [0.25, 0.3) is 0 Å². The summed E-state index contributed by atoms with van der Waals surface area (Å²) in [5, 5.41) is 0. The van der Waals surface area contributed by atoms with E-state index in [0.717, 1.165) is 0 Å². The zero-order chi connectivity index (χ0) is 13.4. The van der Waals surface area contributed by atoms with E-state index in [1.807, 2.05) is 34.6 Å². The smallest absolute Gasteiger partial charge is 0.303 e. The first-order valence-electron chi connectivity index (χ1n) is 5.37. The highest BCUT2D eigenvalue weighted by molar-refractivity contribution is 5.66. The molecule has 0 radical (unpaired) electrons. The molecule has 0 rings (SSSR count). The zero-order valence-corrected chi connectivity index (χ0v) is 11.4. The topological polar surface area (TPSA) is 52.6 Å². The van der Waals surface area contributed by atoms with E-state index >= 15 is 0 Å². The van der Waals surface area contributed by atoms with E-state index in [-0.39, 0.29) is 17.5 Å². The minimum atomic E-state index is -0.328. The van der Waals surface area contributed by atoms with Crippen molar-refractivity contribution in [3.05, 3.63) is 0 Å². The highest BCUT2D eigenvalue weighted by Crippen LogP contribution is 2.05. The van der Waals surface area contributed by atoms with Crippen LogP contribution in [0.1, 0.15) is 48.5 Å². The number of carbonyl (C=O) groups is 2. The molecule has 0 spiro atoms. The Bertz CT molecular complexity index is 214. The van der Waals surface area contributed by atoms with Gasteiger partial charge in [0.1, 0.15) is 5.60 Å². The van der Waals surface area contributed by atoms with E-state index in [9.17, 15) is 9.59 Å². The number of hydrogen-bond acceptors (Lipinski definition) is 4. The fourth-order valence-corrected chi connectivity index (χ4v) is 0.715. The number of hydrogen-bond donors (Lipinski definition) is 0. The molecule has 0 aliphatic heterocycles. The van der Waals surface area contributed by atoms with Crippen molar-refractivity contribution in [3.8, 4) is 0 Å². The number of carbonyl (C=O) groups excluding carboxylic acids is 2. The van der Waals surface area contributed by atoms with Gasteiger partial charge in [-0.05, 0) is 26.7 Å². The van der Waals surface area contributed by atoms with Crippen molar-refractivity contribution in [1.82, 2.24) is 0 Å². The van der Waals surface area contributed by atoms with E-state index in [2.05, 4.69) is 4.74 Å². The van der Waals surface area contributed by atoms with Crippen LogP contribution in [0.15, 0.2) is 0 Å². The first kappa shape index (κ1) is 17.3. The van der Waals surface area contributed by atoms with Gasteiger partial charge in [-0.15, -0.1) is 0 Å². The average molecular weight is 232 g/mol. The van der Waals surface area contributed by atoms with Crippen molar-refractivity contribution in [2.75, 3.05) is 6.61 Å². The minimum absolute atomic E-state index is 0.196. The third-order valence-corrected chi connectivity index (χ3v) is 1.07. The maximum Gasteiger partial charge on any atom is 0.303 e. The molecule has 4 heteroatoms. The highest BCUT2D eigenvalue weighted by Gasteiger charge is 2.11. The third-order valence-electron chi connectivity index (χ3n) is 1.07. The molecule has 0 saturated carbocycles. The van der Waals surface area contributed by atoms with Gasteiger partial charge in [0, 0.05) is 13.8 Å². The molecule has 0 heterocycles. The van der Waals surface area contributed by atoms with Crippen molar-refractivity contribution in [3.63, 3.8) is 0 Å². The van der Waals surface area contributed by atoms with E-state index in [1.165, 1.54) is 13.8 Å². The van der Waals surface area contributed by atoms with Crippen LogP contribution >= 0.6 is 0 Å². The Kier molecular flexibility index (Phi) is 8.81. The van der Waals surface area contributed by atoms with Gasteiger partial charge >= 0.3 is 11.9 Å². The van der Waals surface area contributed by atoms with Crippen LogP contribution in [0.2, 0.25) is 0 Å². The van der Waals surface area contributed by atoms with Crippen LogP contribution in [-0.2, 0) is 19.1 Å². The molecule has 4 nitrogen and oxygen atoms in total. The Morgan fingerprint density at radius 2 is 1.50 bits per heavy atom. The molecular formula is C12H24O4. The maximum atomic E-state index is 10.2. The number of ether oxygens (including phenoxy) is 2. The predicted molar refractivity (Wildman–Crippen MR) is 63.0 cm³/mol. The molecule has 0 aromatic heterocycles. The summed E-state index contributed by atoms with van der Waals surface area (Å²) in [4.78, 5) is 20.4. The summed E-state index contributed by atoms with van der Waals surface area (Å²) in [5.41, 5.74) is -0.328. The lowest BCUT2D eigenvalue weighted by Gasteiger charge is -2.17. The van der Waals surface area contributed by atoms with Crippen molar-refractivity contribution in [2.45, 2.75) is 54.1 Å². The van der Waals surface area contributed by atoms with Crippen molar-refractivity contribution in [1.29, 1.82) is 0 Å². The van der Waals surface area contributed by atoms with Gasteiger partial charge in [0.15, 0.2) is 0 Å². The normalized spacial score (nSPS) is 10.2. The molecule has 96 valence electrons. The molecule has 0 amide bonds. The summed E-state index contributed by atoms with van der Waals surface area (Å²) in [7, 11) is 0. The summed E-state index contributed by atoms with van der Waals surface area (Å²) in [6.07, 6.45) is 0. The van der Waals surface area contributed by atoms with Crippen LogP contribution in [0.5, 0.6) is 0 Å². The number of rotatable bonds is 2. The van der Waals surface area contributed by atoms with Gasteiger partial charge in [-0.3, -0.25) is 9.59 Å². The number of esters is 2. The molecule has 0 aromatic rings. The summed E-state index contributed by atoms with van der Waals surface area (Å²) >= 11 is 0. The molecule has 0 aromatic carbocycles. The minimum Gasteiger partial charge on any atom is -0.466 e. The second-order valence-corrected chi connectivity index (χ2v) is 4.90. The summed E-state index contributed by atoms with van der Waals surface area (Å²) in [6.45, 7) is 12.9. The van der Waals surface area contributed by atoms with Crippen molar-refractivity contribution < 1.29 is 19.1 Å². The second kappa shape index (κ2) is 8.13. The lowest BCUT2D eigenvalue weighted by Crippen LogP contribution is -2.21. The van der Waals surface area contributed by atoms with Gasteiger partial charge in [0.2, 0.25) is 0 Å². The molecule has 0 saturated heterocycles. The lowest BCUT2D eigenvalue weighted by atomic mass is 10.2. The Balaban J connectivity index is 0. The Labute approximate surface area is 98.3 Å². The van der Waals surface area contributed by atoms with Crippen LogP contribution in [0.4, 0.5) is 0 Å².